The van der Waals surface area contributed by atoms with Crippen LogP contribution in [0.1, 0.15) is 51.9 Å². The van der Waals surface area contributed by atoms with Gasteiger partial charge in [-0.05, 0) is 30.6 Å². The molecule has 11 heavy (non-hydrogen) atoms. The minimum Gasteiger partial charge on any atom is -0.0651 e. The summed E-state index contributed by atoms with van der Waals surface area (Å²) in [6.45, 7) is 2.37. The third-order valence-corrected chi connectivity index (χ3v) is 4.01. The van der Waals surface area contributed by atoms with Gasteiger partial charge in [-0.25, -0.2) is 0 Å². The minimum absolute atomic E-state index is 1.12. The van der Waals surface area contributed by atoms with Gasteiger partial charge in [0.05, 0.1) is 0 Å². The minimum atomic E-state index is 1.12. The SMILES string of the molecule is CCC1CCC1C1CCCC1. The van der Waals surface area contributed by atoms with E-state index in [0.717, 1.165) is 17.8 Å². The van der Waals surface area contributed by atoms with Crippen molar-refractivity contribution in [1.29, 1.82) is 0 Å². The fourth-order valence-corrected chi connectivity index (χ4v) is 3.11. The molecule has 2 aliphatic carbocycles. The third kappa shape index (κ3) is 1.32. The maximum atomic E-state index is 2.37. The average Bonchev–Trinajstić information content (AvgIpc) is 2.39. The van der Waals surface area contributed by atoms with Crippen LogP contribution in [-0.4, -0.2) is 0 Å². The molecule has 0 saturated heterocycles. The van der Waals surface area contributed by atoms with E-state index in [1.165, 1.54) is 25.7 Å². The summed E-state index contributed by atoms with van der Waals surface area (Å²) in [5.41, 5.74) is 0. The topological polar surface area (TPSA) is 0 Å². The second kappa shape index (κ2) is 3.16. The quantitative estimate of drug-likeness (QED) is 0.567. The molecule has 0 aromatic rings. The molecule has 0 bridgehead atoms. The van der Waals surface area contributed by atoms with Crippen LogP contribution in [0.2, 0.25) is 0 Å². The highest BCUT2D eigenvalue weighted by molar-refractivity contribution is 4.87. The number of hydrogen-bond acceptors (Lipinski definition) is 0. The number of hydrogen-bond donors (Lipinski definition) is 0. The smallest absolute Gasteiger partial charge is 0.0357 e. The molecule has 0 aliphatic heterocycles. The molecule has 2 fully saturated rings. The molecule has 0 nitrogen and oxygen atoms in total. The molecule has 64 valence electrons. The Balaban J connectivity index is 1.84. The molecule has 0 heteroatoms. The lowest BCUT2D eigenvalue weighted by Crippen LogP contribution is -2.30. The van der Waals surface area contributed by atoms with E-state index < -0.39 is 0 Å². The Morgan fingerprint density at radius 3 is 2.18 bits per heavy atom. The van der Waals surface area contributed by atoms with Crippen molar-refractivity contribution in [3.63, 3.8) is 0 Å². The van der Waals surface area contributed by atoms with E-state index in [0.29, 0.717) is 0 Å². The lowest BCUT2D eigenvalue weighted by atomic mass is 9.65. The van der Waals surface area contributed by atoms with E-state index in [4.69, 9.17) is 0 Å². The molecule has 0 aromatic carbocycles. The Bertz CT molecular complexity index is 120. The molecule has 2 aliphatic rings. The van der Waals surface area contributed by atoms with E-state index in [1.54, 1.807) is 19.3 Å². The van der Waals surface area contributed by atoms with E-state index >= 15 is 0 Å². The van der Waals surface area contributed by atoms with Crippen LogP contribution in [0.3, 0.4) is 0 Å². The molecule has 2 rings (SSSR count). The zero-order valence-electron chi connectivity index (χ0n) is 7.68. The number of rotatable bonds is 2. The van der Waals surface area contributed by atoms with Crippen LogP contribution in [0.25, 0.3) is 0 Å². The summed E-state index contributed by atoms with van der Waals surface area (Å²) in [6, 6.07) is 0. The van der Waals surface area contributed by atoms with E-state index in [-0.39, 0.29) is 0 Å². The third-order valence-electron chi connectivity index (χ3n) is 4.01. The summed E-state index contributed by atoms with van der Waals surface area (Å²) in [5.74, 6) is 3.43. The van der Waals surface area contributed by atoms with Crippen molar-refractivity contribution in [1.82, 2.24) is 0 Å². The molecule has 0 radical (unpaired) electrons. The van der Waals surface area contributed by atoms with Gasteiger partial charge in [-0.3, -0.25) is 0 Å². The highest BCUT2D eigenvalue weighted by atomic mass is 14.4. The Morgan fingerprint density at radius 2 is 1.73 bits per heavy atom. The maximum Gasteiger partial charge on any atom is -0.0357 e. The van der Waals surface area contributed by atoms with Crippen LogP contribution in [0, 0.1) is 17.8 Å². The molecule has 0 N–H and O–H groups in total. The second-order valence-corrected chi connectivity index (χ2v) is 4.45. The van der Waals surface area contributed by atoms with Gasteiger partial charge >= 0.3 is 0 Å². The average molecular weight is 152 g/mol. The predicted molar refractivity (Wildman–Crippen MR) is 48.5 cm³/mol. The van der Waals surface area contributed by atoms with Crippen molar-refractivity contribution in [2.75, 3.05) is 0 Å². The lowest BCUT2D eigenvalue weighted by Gasteiger charge is -2.40. The summed E-state index contributed by atoms with van der Waals surface area (Å²) in [5, 5.41) is 0. The van der Waals surface area contributed by atoms with E-state index in [9.17, 15) is 0 Å². The Kier molecular flexibility index (Phi) is 2.20. The van der Waals surface area contributed by atoms with Crippen LogP contribution in [0.15, 0.2) is 0 Å². The van der Waals surface area contributed by atoms with Crippen molar-refractivity contribution in [2.45, 2.75) is 51.9 Å². The van der Waals surface area contributed by atoms with Crippen LogP contribution < -0.4 is 0 Å². The monoisotopic (exact) mass is 152 g/mol. The molecule has 2 unspecified atom stereocenters. The summed E-state index contributed by atoms with van der Waals surface area (Å²) in [6.07, 6.45) is 10.7. The molecular weight excluding hydrogens is 132 g/mol. The highest BCUT2D eigenvalue weighted by Gasteiger charge is 2.36. The molecule has 2 atom stereocenters. The molecule has 0 spiro atoms. The largest absolute Gasteiger partial charge is 0.0651 e. The van der Waals surface area contributed by atoms with Crippen LogP contribution in [0.5, 0.6) is 0 Å². The Morgan fingerprint density at radius 1 is 1.00 bits per heavy atom. The summed E-state index contributed by atoms with van der Waals surface area (Å²) in [7, 11) is 0. The van der Waals surface area contributed by atoms with Crippen LogP contribution in [-0.2, 0) is 0 Å². The molecule has 2 saturated carbocycles. The standard InChI is InChI=1S/C11H20/c1-2-9-7-8-11(9)10-5-3-4-6-10/h9-11H,2-8H2,1H3. The van der Waals surface area contributed by atoms with E-state index in [2.05, 4.69) is 6.92 Å². The van der Waals surface area contributed by atoms with Gasteiger partial charge in [-0.15, -0.1) is 0 Å². The van der Waals surface area contributed by atoms with Crippen molar-refractivity contribution in [3.05, 3.63) is 0 Å². The molecular formula is C11H20. The first kappa shape index (κ1) is 7.64. The van der Waals surface area contributed by atoms with Gasteiger partial charge in [0.25, 0.3) is 0 Å². The van der Waals surface area contributed by atoms with Crippen LogP contribution >= 0.6 is 0 Å². The van der Waals surface area contributed by atoms with Crippen molar-refractivity contribution < 1.29 is 0 Å². The fourth-order valence-electron chi connectivity index (χ4n) is 3.11. The first-order chi connectivity index (χ1) is 5.42. The van der Waals surface area contributed by atoms with Crippen LogP contribution in [0.4, 0.5) is 0 Å². The molecule has 0 heterocycles. The van der Waals surface area contributed by atoms with Gasteiger partial charge in [0, 0.05) is 0 Å². The van der Waals surface area contributed by atoms with E-state index in [1.807, 2.05) is 0 Å². The summed E-state index contributed by atoms with van der Waals surface area (Å²) < 4.78 is 0. The Hall–Kier alpha value is 0. The van der Waals surface area contributed by atoms with Crippen molar-refractivity contribution in [3.8, 4) is 0 Å². The van der Waals surface area contributed by atoms with Gasteiger partial charge in [0.15, 0.2) is 0 Å². The van der Waals surface area contributed by atoms with Crippen molar-refractivity contribution in [2.24, 2.45) is 17.8 Å². The Labute approximate surface area is 70.4 Å². The first-order valence-corrected chi connectivity index (χ1v) is 5.42. The normalized spacial score (nSPS) is 39.0. The lowest BCUT2D eigenvalue weighted by molar-refractivity contribution is 0.103. The fraction of sp³-hybridized carbons (Fsp3) is 1.00. The molecule has 0 amide bonds. The zero-order chi connectivity index (χ0) is 7.68. The van der Waals surface area contributed by atoms with Gasteiger partial charge in [0.2, 0.25) is 0 Å². The van der Waals surface area contributed by atoms with Gasteiger partial charge in [0.1, 0.15) is 0 Å². The second-order valence-electron chi connectivity index (χ2n) is 4.45. The van der Waals surface area contributed by atoms with Gasteiger partial charge in [-0.2, -0.15) is 0 Å². The first-order valence-electron chi connectivity index (χ1n) is 5.42. The van der Waals surface area contributed by atoms with Crippen molar-refractivity contribution >= 4 is 0 Å². The summed E-state index contributed by atoms with van der Waals surface area (Å²) in [4.78, 5) is 0. The van der Waals surface area contributed by atoms with Gasteiger partial charge < -0.3 is 0 Å². The molecule has 0 aromatic heterocycles. The predicted octanol–water partition coefficient (Wildman–Crippen LogP) is 3.61. The van der Waals surface area contributed by atoms with Gasteiger partial charge in [-0.1, -0.05) is 39.0 Å². The highest BCUT2D eigenvalue weighted by Crippen LogP contribution is 2.47. The zero-order valence-corrected chi connectivity index (χ0v) is 7.68. The summed E-state index contributed by atoms with van der Waals surface area (Å²) >= 11 is 0. The maximum absolute atomic E-state index is 2.37.